The average molecular weight is 311 g/mol. The molecule has 23 heavy (non-hydrogen) atoms. The van der Waals surface area contributed by atoms with Crippen LogP contribution < -0.4 is 4.74 Å². The molecule has 0 unspecified atom stereocenters. The third-order valence-corrected chi connectivity index (χ3v) is 3.17. The standard InChI is InChI=1S/C16H13N3O4/c1-21-13-10(6-5-7-11(13)16(20)22-2)15-18-14(19-23-15)12-8-3-4-9-17-12/h3-9H,1-2H3. The molecule has 2 aromatic heterocycles. The number of hydrogen-bond acceptors (Lipinski definition) is 7. The maximum atomic E-state index is 11.8. The van der Waals surface area contributed by atoms with Gasteiger partial charge in [-0.25, -0.2) is 4.79 Å². The average Bonchev–Trinajstić information content (AvgIpc) is 3.11. The van der Waals surface area contributed by atoms with E-state index in [4.69, 9.17) is 14.0 Å². The van der Waals surface area contributed by atoms with E-state index in [1.165, 1.54) is 14.2 Å². The van der Waals surface area contributed by atoms with E-state index in [0.29, 0.717) is 22.8 Å². The smallest absolute Gasteiger partial charge is 0.341 e. The molecule has 0 fully saturated rings. The Morgan fingerprint density at radius 2 is 2.00 bits per heavy atom. The van der Waals surface area contributed by atoms with Gasteiger partial charge in [0.2, 0.25) is 5.82 Å². The summed E-state index contributed by atoms with van der Waals surface area (Å²) < 4.78 is 15.4. The Kier molecular flexibility index (Phi) is 4.01. The van der Waals surface area contributed by atoms with Gasteiger partial charge in [-0.1, -0.05) is 17.3 Å². The van der Waals surface area contributed by atoms with E-state index >= 15 is 0 Å². The second-order valence-electron chi connectivity index (χ2n) is 4.52. The van der Waals surface area contributed by atoms with Crippen molar-refractivity contribution < 1.29 is 18.8 Å². The first-order valence-corrected chi connectivity index (χ1v) is 6.75. The third-order valence-electron chi connectivity index (χ3n) is 3.17. The van der Waals surface area contributed by atoms with Gasteiger partial charge in [-0.3, -0.25) is 4.98 Å². The molecule has 7 nitrogen and oxygen atoms in total. The monoisotopic (exact) mass is 311 g/mol. The number of benzene rings is 1. The summed E-state index contributed by atoms with van der Waals surface area (Å²) in [6, 6.07) is 10.4. The highest BCUT2D eigenvalue weighted by Crippen LogP contribution is 2.33. The van der Waals surface area contributed by atoms with Gasteiger partial charge < -0.3 is 14.0 Å². The van der Waals surface area contributed by atoms with E-state index in [-0.39, 0.29) is 11.5 Å². The van der Waals surface area contributed by atoms with E-state index < -0.39 is 5.97 Å². The maximum absolute atomic E-state index is 11.8. The van der Waals surface area contributed by atoms with Gasteiger partial charge in [0.05, 0.1) is 19.8 Å². The number of methoxy groups -OCH3 is 2. The number of carbonyl (C=O) groups excluding carboxylic acids is 1. The Morgan fingerprint density at radius 3 is 2.70 bits per heavy atom. The number of para-hydroxylation sites is 1. The first-order valence-electron chi connectivity index (χ1n) is 6.75. The summed E-state index contributed by atoms with van der Waals surface area (Å²) in [4.78, 5) is 20.3. The van der Waals surface area contributed by atoms with Crippen LogP contribution in [-0.4, -0.2) is 35.3 Å². The highest BCUT2D eigenvalue weighted by molar-refractivity contribution is 5.95. The Morgan fingerprint density at radius 1 is 1.13 bits per heavy atom. The number of esters is 1. The number of hydrogen-bond donors (Lipinski definition) is 0. The van der Waals surface area contributed by atoms with Crippen molar-refractivity contribution in [3.8, 4) is 28.7 Å². The molecule has 0 amide bonds. The molecule has 0 saturated carbocycles. The lowest BCUT2D eigenvalue weighted by Gasteiger charge is -2.09. The van der Waals surface area contributed by atoms with Crippen LogP contribution in [0.2, 0.25) is 0 Å². The first-order chi connectivity index (χ1) is 11.2. The highest BCUT2D eigenvalue weighted by atomic mass is 16.5. The van der Waals surface area contributed by atoms with Crippen molar-refractivity contribution in [2.45, 2.75) is 0 Å². The normalized spacial score (nSPS) is 10.3. The summed E-state index contributed by atoms with van der Waals surface area (Å²) in [6.45, 7) is 0. The zero-order valence-corrected chi connectivity index (χ0v) is 12.5. The quantitative estimate of drug-likeness (QED) is 0.684. The highest BCUT2D eigenvalue weighted by Gasteiger charge is 2.21. The van der Waals surface area contributed by atoms with E-state index in [1.54, 1.807) is 36.5 Å². The molecular formula is C16H13N3O4. The lowest BCUT2D eigenvalue weighted by Crippen LogP contribution is -2.05. The molecule has 0 spiro atoms. The van der Waals surface area contributed by atoms with Crippen LogP contribution >= 0.6 is 0 Å². The molecule has 0 radical (unpaired) electrons. The molecule has 0 aliphatic heterocycles. The maximum Gasteiger partial charge on any atom is 0.341 e. The number of aromatic nitrogens is 3. The van der Waals surface area contributed by atoms with Gasteiger partial charge in [0, 0.05) is 6.20 Å². The van der Waals surface area contributed by atoms with Crippen molar-refractivity contribution >= 4 is 5.97 Å². The molecule has 3 aromatic rings. The van der Waals surface area contributed by atoms with Crippen molar-refractivity contribution in [3.05, 3.63) is 48.2 Å². The van der Waals surface area contributed by atoms with Crippen molar-refractivity contribution in [1.82, 2.24) is 15.1 Å². The van der Waals surface area contributed by atoms with E-state index in [0.717, 1.165) is 0 Å². The van der Waals surface area contributed by atoms with Crippen LogP contribution in [0.15, 0.2) is 47.1 Å². The summed E-state index contributed by atoms with van der Waals surface area (Å²) in [6.07, 6.45) is 1.64. The lowest BCUT2D eigenvalue weighted by atomic mass is 10.1. The minimum Gasteiger partial charge on any atom is -0.495 e. The van der Waals surface area contributed by atoms with Crippen molar-refractivity contribution in [2.75, 3.05) is 14.2 Å². The summed E-state index contributed by atoms with van der Waals surface area (Å²) in [5.41, 5.74) is 1.38. The first kappa shape index (κ1) is 14.7. The van der Waals surface area contributed by atoms with Gasteiger partial charge in [-0.2, -0.15) is 4.98 Å². The predicted octanol–water partition coefficient (Wildman–Crippen LogP) is 2.59. The fourth-order valence-electron chi connectivity index (χ4n) is 2.13. The molecule has 0 aliphatic rings. The fraction of sp³-hybridized carbons (Fsp3) is 0.125. The van der Waals surface area contributed by atoms with Crippen molar-refractivity contribution in [2.24, 2.45) is 0 Å². The second kappa shape index (κ2) is 6.27. The minimum absolute atomic E-state index is 0.230. The topological polar surface area (TPSA) is 87.3 Å². The number of carbonyl (C=O) groups is 1. The van der Waals surface area contributed by atoms with Crippen LogP contribution in [0.25, 0.3) is 23.0 Å². The zero-order chi connectivity index (χ0) is 16.2. The number of rotatable bonds is 4. The molecule has 1 aromatic carbocycles. The molecule has 0 aliphatic carbocycles. The Bertz CT molecular complexity index is 830. The summed E-state index contributed by atoms with van der Waals surface area (Å²) in [5, 5.41) is 3.91. The molecule has 3 rings (SSSR count). The van der Waals surface area contributed by atoms with Crippen LogP contribution in [0, 0.1) is 0 Å². The SMILES string of the molecule is COC(=O)c1cccc(-c2nc(-c3ccccn3)no2)c1OC. The Labute approximate surface area is 131 Å². The lowest BCUT2D eigenvalue weighted by molar-refractivity contribution is 0.0597. The van der Waals surface area contributed by atoms with Crippen LogP contribution in [0.5, 0.6) is 5.75 Å². The van der Waals surface area contributed by atoms with Crippen LogP contribution in [0.4, 0.5) is 0 Å². The van der Waals surface area contributed by atoms with E-state index in [9.17, 15) is 4.79 Å². The molecule has 116 valence electrons. The summed E-state index contributed by atoms with van der Waals surface area (Å²) in [5.74, 6) is 0.392. The fourth-order valence-corrected chi connectivity index (χ4v) is 2.13. The van der Waals surface area contributed by atoms with Gasteiger partial charge in [0.25, 0.3) is 5.89 Å². The molecule has 0 N–H and O–H groups in total. The van der Waals surface area contributed by atoms with Gasteiger partial charge in [-0.15, -0.1) is 0 Å². The van der Waals surface area contributed by atoms with Crippen LogP contribution in [0.3, 0.4) is 0 Å². The van der Waals surface area contributed by atoms with Gasteiger partial charge in [0.15, 0.2) is 0 Å². The molecule has 7 heteroatoms. The third kappa shape index (κ3) is 2.76. The zero-order valence-electron chi connectivity index (χ0n) is 12.5. The predicted molar refractivity (Wildman–Crippen MR) is 80.9 cm³/mol. The molecule has 0 bridgehead atoms. The van der Waals surface area contributed by atoms with E-state index in [2.05, 4.69) is 15.1 Å². The van der Waals surface area contributed by atoms with Gasteiger partial charge in [0.1, 0.15) is 17.0 Å². The minimum atomic E-state index is -0.506. The molecule has 0 atom stereocenters. The number of ether oxygens (including phenoxy) is 2. The van der Waals surface area contributed by atoms with E-state index in [1.807, 2.05) is 6.07 Å². The van der Waals surface area contributed by atoms with Crippen LogP contribution in [-0.2, 0) is 4.74 Å². The molecular weight excluding hydrogens is 298 g/mol. The molecule has 0 saturated heterocycles. The Balaban J connectivity index is 2.06. The van der Waals surface area contributed by atoms with Crippen LogP contribution in [0.1, 0.15) is 10.4 Å². The molecule has 2 heterocycles. The van der Waals surface area contributed by atoms with Crippen molar-refractivity contribution in [3.63, 3.8) is 0 Å². The summed E-state index contributed by atoms with van der Waals surface area (Å²) in [7, 11) is 2.77. The largest absolute Gasteiger partial charge is 0.495 e. The van der Waals surface area contributed by atoms with Gasteiger partial charge >= 0.3 is 5.97 Å². The second-order valence-corrected chi connectivity index (χ2v) is 4.52. The van der Waals surface area contributed by atoms with Gasteiger partial charge in [-0.05, 0) is 24.3 Å². The number of pyridine rings is 1. The Hall–Kier alpha value is -3.22. The van der Waals surface area contributed by atoms with Crippen molar-refractivity contribution in [1.29, 1.82) is 0 Å². The number of nitrogens with zero attached hydrogens (tertiary/aromatic N) is 3. The summed E-state index contributed by atoms with van der Waals surface area (Å²) >= 11 is 0.